The number of nitrogens with one attached hydrogen (secondary N) is 3. The highest BCUT2D eigenvalue weighted by molar-refractivity contribution is 7.99. The van der Waals surface area contributed by atoms with Crippen LogP contribution in [0.4, 0.5) is 11.4 Å². The number of amides is 2. The van der Waals surface area contributed by atoms with Crippen molar-refractivity contribution in [3.05, 3.63) is 18.2 Å². The average Bonchev–Trinajstić information content (AvgIpc) is 2.47. The smallest absolute Gasteiger partial charge is 0.262 e. The number of fused-ring (bicyclic) bond motifs is 1. The minimum Gasteiger partial charge on any atom is -0.482 e. The molecule has 1 unspecified atom stereocenters. The third-order valence-corrected chi connectivity index (χ3v) is 4.18. The van der Waals surface area contributed by atoms with Crippen LogP contribution in [-0.2, 0) is 9.59 Å². The van der Waals surface area contributed by atoms with Crippen molar-refractivity contribution in [2.75, 3.05) is 35.3 Å². The summed E-state index contributed by atoms with van der Waals surface area (Å²) in [5.74, 6) is 2.18. The second-order valence-electron chi connectivity index (χ2n) is 4.62. The van der Waals surface area contributed by atoms with Gasteiger partial charge in [-0.1, -0.05) is 0 Å². The summed E-state index contributed by atoms with van der Waals surface area (Å²) in [6.07, 6.45) is 0. The Morgan fingerprint density at radius 3 is 3.15 bits per heavy atom. The van der Waals surface area contributed by atoms with E-state index >= 15 is 0 Å². The number of rotatable bonds is 2. The third kappa shape index (κ3) is 2.88. The number of hydrogen-bond acceptors (Lipinski definition) is 5. The summed E-state index contributed by atoms with van der Waals surface area (Å²) < 4.78 is 5.27. The van der Waals surface area contributed by atoms with E-state index in [1.54, 1.807) is 30.0 Å². The Bertz CT molecular complexity index is 544. The maximum absolute atomic E-state index is 12.1. The number of benzene rings is 1. The standard InChI is InChI=1S/C13H15N3O3S/c17-12-6-19-11-2-1-8(5-9(11)16-12)15-13(18)10-7-20-4-3-14-10/h1-2,5,10,14H,3-4,6-7H2,(H,15,18)(H,16,17). The molecular weight excluding hydrogens is 278 g/mol. The first-order valence-electron chi connectivity index (χ1n) is 6.41. The van der Waals surface area contributed by atoms with E-state index in [-0.39, 0.29) is 24.5 Å². The van der Waals surface area contributed by atoms with E-state index in [0.717, 1.165) is 18.1 Å². The minimum absolute atomic E-state index is 0.0297. The molecule has 2 heterocycles. The van der Waals surface area contributed by atoms with Gasteiger partial charge < -0.3 is 20.7 Å². The van der Waals surface area contributed by atoms with Crippen LogP contribution in [0.2, 0.25) is 0 Å². The van der Waals surface area contributed by atoms with Crippen LogP contribution < -0.4 is 20.7 Å². The molecule has 1 aromatic rings. The predicted molar refractivity (Wildman–Crippen MR) is 78.3 cm³/mol. The van der Waals surface area contributed by atoms with Gasteiger partial charge in [0, 0.05) is 23.7 Å². The summed E-state index contributed by atoms with van der Waals surface area (Å²) in [5, 5.41) is 8.75. The molecule has 2 amide bonds. The van der Waals surface area contributed by atoms with Crippen molar-refractivity contribution in [2.45, 2.75) is 6.04 Å². The van der Waals surface area contributed by atoms with Gasteiger partial charge in [-0.3, -0.25) is 9.59 Å². The largest absolute Gasteiger partial charge is 0.482 e. The lowest BCUT2D eigenvalue weighted by Gasteiger charge is -2.23. The van der Waals surface area contributed by atoms with Gasteiger partial charge in [0.25, 0.3) is 5.91 Å². The van der Waals surface area contributed by atoms with Gasteiger partial charge in [-0.25, -0.2) is 0 Å². The number of anilines is 2. The van der Waals surface area contributed by atoms with Crippen LogP contribution in [0, 0.1) is 0 Å². The Morgan fingerprint density at radius 2 is 2.35 bits per heavy atom. The normalized spacial score (nSPS) is 21.4. The SMILES string of the molecule is O=C1COc2ccc(NC(=O)C3CSCCN3)cc2N1. The Balaban J connectivity index is 1.69. The first-order valence-corrected chi connectivity index (χ1v) is 7.56. The van der Waals surface area contributed by atoms with Crippen molar-refractivity contribution in [2.24, 2.45) is 0 Å². The highest BCUT2D eigenvalue weighted by atomic mass is 32.2. The van der Waals surface area contributed by atoms with Gasteiger partial charge in [-0.05, 0) is 18.2 Å². The lowest BCUT2D eigenvalue weighted by molar-refractivity contribution is -0.119. The van der Waals surface area contributed by atoms with Crippen LogP contribution in [0.25, 0.3) is 0 Å². The molecule has 2 aliphatic heterocycles. The van der Waals surface area contributed by atoms with Crippen LogP contribution in [0.3, 0.4) is 0 Å². The van der Waals surface area contributed by atoms with Crippen molar-refractivity contribution in [3.8, 4) is 5.75 Å². The van der Waals surface area contributed by atoms with Gasteiger partial charge in [0.05, 0.1) is 11.7 Å². The second-order valence-corrected chi connectivity index (χ2v) is 5.77. The molecule has 0 spiro atoms. The van der Waals surface area contributed by atoms with Gasteiger partial charge in [0.1, 0.15) is 5.75 Å². The molecule has 2 aliphatic rings. The fourth-order valence-electron chi connectivity index (χ4n) is 2.12. The molecule has 3 N–H and O–H groups in total. The summed E-state index contributed by atoms with van der Waals surface area (Å²) >= 11 is 1.76. The lowest BCUT2D eigenvalue weighted by atomic mass is 10.2. The summed E-state index contributed by atoms with van der Waals surface area (Å²) in [6.45, 7) is 0.874. The summed E-state index contributed by atoms with van der Waals surface area (Å²) in [7, 11) is 0. The van der Waals surface area contributed by atoms with Crippen LogP contribution in [0.5, 0.6) is 5.75 Å². The third-order valence-electron chi connectivity index (χ3n) is 3.12. The Hall–Kier alpha value is -1.73. The van der Waals surface area contributed by atoms with Crippen molar-refractivity contribution < 1.29 is 14.3 Å². The number of hydrogen-bond donors (Lipinski definition) is 3. The molecule has 0 aromatic heterocycles. The first kappa shape index (κ1) is 13.3. The molecule has 20 heavy (non-hydrogen) atoms. The average molecular weight is 293 g/mol. The second kappa shape index (κ2) is 5.72. The molecule has 1 aromatic carbocycles. The quantitative estimate of drug-likeness (QED) is 0.746. The van der Waals surface area contributed by atoms with E-state index in [0.29, 0.717) is 17.1 Å². The van der Waals surface area contributed by atoms with E-state index in [1.807, 2.05) is 0 Å². The van der Waals surface area contributed by atoms with E-state index in [4.69, 9.17) is 4.74 Å². The predicted octanol–water partition coefficient (Wildman–Crippen LogP) is 0.661. The summed E-state index contributed by atoms with van der Waals surface area (Å²) in [4.78, 5) is 23.4. The zero-order valence-electron chi connectivity index (χ0n) is 10.8. The Kier molecular flexibility index (Phi) is 3.79. The highest BCUT2D eigenvalue weighted by Crippen LogP contribution is 2.30. The van der Waals surface area contributed by atoms with E-state index in [2.05, 4.69) is 16.0 Å². The monoisotopic (exact) mass is 293 g/mol. The van der Waals surface area contributed by atoms with Gasteiger partial charge >= 0.3 is 0 Å². The molecule has 6 nitrogen and oxygen atoms in total. The Labute approximate surface area is 120 Å². The zero-order valence-corrected chi connectivity index (χ0v) is 11.6. The summed E-state index contributed by atoms with van der Waals surface area (Å²) in [6, 6.07) is 5.05. The lowest BCUT2D eigenvalue weighted by Crippen LogP contribution is -2.46. The van der Waals surface area contributed by atoms with Crippen molar-refractivity contribution in [1.82, 2.24) is 5.32 Å². The van der Waals surface area contributed by atoms with Crippen molar-refractivity contribution >= 4 is 35.0 Å². The number of carbonyl (C=O) groups excluding carboxylic acids is 2. The van der Waals surface area contributed by atoms with Crippen LogP contribution in [-0.4, -0.2) is 42.5 Å². The van der Waals surface area contributed by atoms with E-state index in [1.165, 1.54) is 0 Å². The van der Waals surface area contributed by atoms with Gasteiger partial charge in [0.2, 0.25) is 5.91 Å². The summed E-state index contributed by atoms with van der Waals surface area (Å²) in [5.41, 5.74) is 1.24. The van der Waals surface area contributed by atoms with Crippen LogP contribution >= 0.6 is 11.8 Å². The van der Waals surface area contributed by atoms with E-state index in [9.17, 15) is 9.59 Å². The molecular formula is C13H15N3O3S. The van der Waals surface area contributed by atoms with Gasteiger partial charge in [-0.2, -0.15) is 11.8 Å². The zero-order chi connectivity index (χ0) is 13.9. The van der Waals surface area contributed by atoms with Crippen molar-refractivity contribution in [3.63, 3.8) is 0 Å². The molecule has 0 bridgehead atoms. The van der Waals surface area contributed by atoms with Crippen LogP contribution in [0.1, 0.15) is 0 Å². The maximum atomic E-state index is 12.1. The molecule has 0 saturated carbocycles. The molecule has 0 aliphatic carbocycles. The fourth-order valence-corrected chi connectivity index (χ4v) is 3.06. The highest BCUT2D eigenvalue weighted by Gasteiger charge is 2.22. The molecule has 1 fully saturated rings. The van der Waals surface area contributed by atoms with Gasteiger partial charge in [0.15, 0.2) is 6.61 Å². The Morgan fingerprint density at radius 1 is 1.45 bits per heavy atom. The molecule has 1 saturated heterocycles. The molecule has 0 radical (unpaired) electrons. The maximum Gasteiger partial charge on any atom is 0.262 e. The number of thioether (sulfide) groups is 1. The molecule has 3 rings (SSSR count). The first-order chi connectivity index (χ1) is 9.72. The molecule has 7 heteroatoms. The number of ether oxygens (including phenoxy) is 1. The minimum atomic E-state index is -0.189. The van der Waals surface area contributed by atoms with Crippen molar-refractivity contribution in [1.29, 1.82) is 0 Å². The van der Waals surface area contributed by atoms with Gasteiger partial charge in [-0.15, -0.1) is 0 Å². The topological polar surface area (TPSA) is 79.5 Å². The molecule has 106 valence electrons. The fraction of sp³-hybridized carbons (Fsp3) is 0.385. The number of carbonyl (C=O) groups is 2. The van der Waals surface area contributed by atoms with E-state index < -0.39 is 0 Å². The molecule has 1 atom stereocenters. The van der Waals surface area contributed by atoms with Crippen LogP contribution in [0.15, 0.2) is 18.2 Å².